The van der Waals surface area contributed by atoms with Gasteiger partial charge in [-0.05, 0) is 23.3 Å². The first-order valence-corrected chi connectivity index (χ1v) is 9.75. The molecule has 0 saturated carbocycles. The first kappa shape index (κ1) is 19.8. The summed E-state index contributed by atoms with van der Waals surface area (Å²) in [4.78, 5) is 12.3. The molecule has 0 unspecified atom stereocenters. The number of aromatic nitrogens is 4. The summed E-state index contributed by atoms with van der Waals surface area (Å²) in [5.74, 6) is -0.846. The number of rotatable bonds is 7. The number of nitrogens with zero attached hydrogens (tertiary/aromatic N) is 4. The van der Waals surface area contributed by atoms with Crippen LogP contribution in [0.25, 0.3) is 0 Å². The fourth-order valence-electron chi connectivity index (χ4n) is 3.05. The van der Waals surface area contributed by atoms with E-state index in [0.29, 0.717) is 24.2 Å². The normalized spacial score (nSPS) is 10.9. The summed E-state index contributed by atoms with van der Waals surface area (Å²) in [6, 6.07) is 14.7. The third kappa shape index (κ3) is 4.75. The topological polar surface area (TPSA) is 64.7 Å². The molecule has 30 heavy (non-hydrogen) atoms. The van der Waals surface area contributed by atoms with Gasteiger partial charge < -0.3 is 5.32 Å². The summed E-state index contributed by atoms with van der Waals surface area (Å²) in [6.45, 7) is 1.30. The molecule has 1 N–H and O–H groups in total. The van der Waals surface area contributed by atoms with Crippen LogP contribution in [0.2, 0.25) is 5.02 Å². The van der Waals surface area contributed by atoms with E-state index in [0.717, 1.165) is 11.1 Å². The lowest BCUT2D eigenvalue weighted by Crippen LogP contribution is -2.23. The van der Waals surface area contributed by atoms with Crippen molar-refractivity contribution in [2.24, 2.45) is 0 Å². The van der Waals surface area contributed by atoms with Crippen LogP contribution in [0.4, 0.5) is 4.39 Å². The predicted molar refractivity (Wildman–Crippen MR) is 112 cm³/mol. The monoisotopic (exact) mass is 423 g/mol. The standard InChI is InChI=1S/C22H19ClFN5O/c23-20-4-1-3-18(21(20)24)11-25-22(30)19-12-27-29(15-19)14-17-7-5-16(6-8-17)13-28-10-2-9-26-28/h1-10,12,15H,11,13-14H2,(H,25,30). The maximum atomic E-state index is 13.9. The molecule has 0 spiro atoms. The molecule has 6 nitrogen and oxygen atoms in total. The molecule has 152 valence electrons. The second-order valence-corrected chi connectivity index (χ2v) is 7.25. The molecule has 0 aliphatic rings. The zero-order valence-electron chi connectivity index (χ0n) is 16.0. The quantitative estimate of drug-likeness (QED) is 0.490. The molecule has 2 heterocycles. The highest BCUT2D eigenvalue weighted by molar-refractivity contribution is 6.30. The lowest BCUT2D eigenvalue weighted by molar-refractivity contribution is 0.0950. The summed E-state index contributed by atoms with van der Waals surface area (Å²) in [6.07, 6.45) is 6.84. The Morgan fingerprint density at radius 3 is 2.43 bits per heavy atom. The van der Waals surface area contributed by atoms with Crippen molar-refractivity contribution in [2.75, 3.05) is 0 Å². The first-order valence-electron chi connectivity index (χ1n) is 9.37. The number of hydrogen-bond acceptors (Lipinski definition) is 3. The van der Waals surface area contributed by atoms with Gasteiger partial charge in [-0.3, -0.25) is 14.2 Å². The van der Waals surface area contributed by atoms with Gasteiger partial charge in [0.1, 0.15) is 5.82 Å². The number of carbonyl (C=O) groups is 1. The second-order valence-electron chi connectivity index (χ2n) is 6.84. The molecule has 0 saturated heterocycles. The minimum atomic E-state index is -0.522. The van der Waals surface area contributed by atoms with E-state index in [-0.39, 0.29) is 17.5 Å². The van der Waals surface area contributed by atoms with Crippen molar-refractivity contribution in [1.82, 2.24) is 24.9 Å². The average molecular weight is 424 g/mol. The van der Waals surface area contributed by atoms with Crippen LogP contribution in [0.15, 0.2) is 73.3 Å². The molecule has 2 aromatic heterocycles. The van der Waals surface area contributed by atoms with Gasteiger partial charge in [0.2, 0.25) is 0 Å². The van der Waals surface area contributed by atoms with Gasteiger partial charge in [-0.2, -0.15) is 10.2 Å². The molecule has 0 bridgehead atoms. The summed E-state index contributed by atoms with van der Waals surface area (Å²) < 4.78 is 17.5. The third-order valence-corrected chi connectivity index (χ3v) is 4.93. The molecule has 4 aromatic rings. The Labute approximate surface area is 177 Å². The summed E-state index contributed by atoms with van der Waals surface area (Å²) >= 11 is 5.77. The Hall–Kier alpha value is -3.45. The van der Waals surface area contributed by atoms with Gasteiger partial charge in [-0.1, -0.05) is 48.0 Å². The number of carbonyl (C=O) groups excluding carboxylic acids is 1. The molecular formula is C22H19ClFN5O. The van der Waals surface area contributed by atoms with Gasteiger partial charge in [0.25, 0.3) is 5.91 Å². The van der Waals surface area contributed by atoms with Gasteiger partial charge in [0.15, 0.2) is 0 Å². The Morgan fingerprint density at radius 1 is 1.00 bits per heavy atom. The van der Waals surface area contributed by atoms with Crippen LogP contribution in [0.5, 0.6) is 0 Å². The summed E-state index contributed by atoms with van der Waals surface area (Å²) in [7, 11) is 0. The first-order chi connectivity index (χ1) is 14.6. The smallest absolute Gasteiger partial charge is 0.254 e. The van der Waals surface area contributed by atoms with Crippen LogP contribution in [0.3, 0.4) is 0 Å². The molecule has 1 amide bonds. The maximum absolute atomic E-state index is 13.9. The van der Waals surface area contributed by atoms with E-state index < -0.39 is 5.82 Å². The minimum absolute atomic E-state index is 0.0326. The minimum Gasteiger partial charge on any atom is -0.348 e. The summed E-state index contributed by atoms with van der Waals surface area (Å²) in [5, 5.41) is 11.2. The Morgan fingerprint density at radius 2 is 1.73 bits per heavy atom. The van der Waals surface area contributed by atoms with Crippen molar-refractivity contribution in [3.05, 3.63) is 106 Å². The van der Waals surface area contributed by atoms with Gasteiger partial charge in [-0.25, -0.2) is 4.39 Å². The largest absolute Gasteiger partial charge is 0.348 e. The Balaban J connectivity index is 1.34. The van der Waals surface area contributed by atoms with Crippen molar-refractivity contribution >= 4 is 17.5 Å². The van der Waals surface area contributed by atoms with Crippen LogP contribution in [-0.2, 0) is 19.6 Å². The Kier molecular flexibility index (Phi) is 5.90. The van der Waals surface area contributed by atoms with Crippen molar-refractivity contribution < 1.29 is 9.18 Å². The fourth-order valence-corrected chi connectivity index (χ4v) is 3.24. The van der Waals surface area contributed by atoms with Crippen molar-refractivity contribution in [1.29, 1.82) is 0 Å². The van der Waals surface area contributed by atoms with E-state index in [1.807, 2.05) is 41.2 Å². The van der Waals surface area contributed by atoms with Crippen LogP contribution in [0, 0.1) is 5.82 Å². The van der Waals surface area contributed by atoms with Gasteiger partial charge in [0.05, 0.1) is 29.9 Å². The second kappa shape index (κ2) is 8.92. The Bertz CT molecular complexity index is 1140. The number of hydrogen-bond donors (Lipinski definition) is 1. The number of nitrogens with one attached hydrogen (secondary N) is 1. The molecule has 0 radical (unpaired) electrons. The highest BCUT2D eigenvalue weighted by Crippen LogP contribution is 2.17. The zero-order valence-corrected chi connectivity index (χ0v) is 16.8. The zero-order chi connectivity index (χ0) is 20.9. The highest BCUT2D eigenvalue weighted by atomic mass is 35.5. The van der Waals surface area contributed by atoms with Crippen molar-refractivity contribution in [2.45, 2.75) is 19.6 Å². The SMILES string of the molecule is O=C(NCc1cccc(Cl)c1F)c1cnn(Cc2ccc(Cn3cccn3)cc2)c1. The molecule has 0 fully saturated rings. The van der Waals surface area contributed by atoms with E-state index in [2.05, 4.69) is 15.5 Å². The molecule has 0 atom stereocenters. The van der Waals surface area contributed by atoms with Crippen LogP contribution < -0.4 is 5.32 Å². The molecule has 2 aromatic carbocycles. The van der Waals surface area contributed by atoms with E-state index in [1.54, 1.807) is 29.2 Å². The lowest BCUT2D eigenvalue weighted by Gasteiger charge is -2.06. The number of benzene rings is 2. The molecule has 0 aliphatic heterocycles. The highest BCUT2D eigenvalue weighted by Gasteiger charge is 2.11. The molecule has 8 heteroatoms. The number of halogens is 2. The van der Waals surface area contributed by atoms with E-state index >= 15 is 0 Å². The molecule has 4 rings (SSSR count). The van der Waals surface area contributed by atoms with E-state index in [1.165, 1.54) is 12.3 Å². The van der Waals surface area contributed by atoms with E-state index in [4.69, 9.17) is 11.6 Å². The van der Waals surface area contributed by atoms with Crippen molar-refractivity contribution in [3.63, 3.8) is 0 Å². The third-order valence-electron chi connectivity index (χ3n) is 4.64. The van der Waals surface area contributed by atoms with Crippen LogP contribution in [0.1, 0.15) is 27.0 Å². The molecular weight excluding hydrogens is 405 g/mol. The van der Waals surface area contributed by atoms with Gasteiger partial charge in [-0.15, -0.1) is 0 Å². The van der Waals surface area contributed by atoms with Crippen LogP contribution >= 0.6 is 11.6 Å². The maximum Gasteiger partial charge on any atom is 0.254 e. The van der Waals surface area contributed by atoms with E-state index in [9.17, 15) is 9.18 Å². The predicted octanol–water partition coefficient (Wildman–Crippen LogP) is 3.90. The summed E-state index contributed by atoms with van der Waals surface area (Å²) in [5.41, 5.74) is 2.96. The number of amides is 1. The van der Waals surface area contributed by atoms with Gasteiger partial charge in [0, 0.05) is 30.7 Å². The average Bonchev–Trinajstić information content (AvgIpc) is 3.43. The van der Waals surface area contributed by atoms with Gasteiger partial charge >= 0.3 is 0 Å². The fraction of sp³-hybridized carbons (Fsp3) is 0.136. The van der Waals surface area contributed by atoms with Crippen molar-refractivity contribution in [3.8, 4) is 0 Å². The molecule has 0 aliphatic carbocycles. The lowest BCUT2D eigenvalue weighted by atomic mass is 10.1. The van der Waals surface area contributed by atoms with Crippen LogP contribution in [-0.4, -0.2) is 25.5 Å².